The van der Waals surface area contributed by atoms with E-state index in [-0.39, 0.29) is 6.04 Å². The Balaban J connectivity index is 2.18. The fourth-order valence-corrected chi connectivity index (χ4v) is 2.69. The topological polar surface area (TPSA) is 45.3 Å². The van der Waals surface area contributed by atoms with Crippen molar-refractivity contribution in [1.29, 1.82) is 0 Å². The van der Waals surface area contributed by atoms with Crippen molar-refractivity contribution in [2.75, 3.05) is 20.2 Å². The molecule has 1 saturated heterocycles. The van der Waals surface area contributed by atoms with Crippen LogP contribution in [0.4, 0.5) is 0 Å². The first kappa shape index (κ1) is 15.3. The Bertz CT molecular complexity index is 422. The summed E-state index contributed by atoms with van der Waals surface area (Å²) in [5.41, 5.74) is 8.01. The van der Waals surface area contributed by atoms with Crippen LogP contribution in [-0.2, 0) is 0 Å². The summed E-state index contributed by atoms with van der Waals surface area (Å²) in [5.74, 6) is 2.03. The van der Waals surface area contributed by atoms with Crippen molar-refractivity contribution in [1.82, 2.24) is 16.2 Å². The molecule has 0 saturated carbocycles. The molecule has 112 valence electrons. The molecule has 3 atom stereocenters. The molecule has 2 rings (SSSR count). The van der Waals surface area contributed by atoms with Gasteiger partial charge >= 0.3 is 0 Å². The molecule has 1 heterocycles. The molecule has 1 aromatic rings. The number of hydrogen-bond acceptors (Lipinski definition) is 4. The molecule has 0 aliphatic carbocycles. The van der Waals surface area contributed by atoms with E-state index in [2.05, 4.69) is 55.1 Å². The van der Waals surface area contributed by atoms with E-state index in [1.807, 2.05) is 13.1 Å². The lowest BCUT2D eigenvalue weighted by atomic mass is 9.89. The molecule has 0 amide bonds. The second-order valence-electron chi connectivity index (χ2n) is 6.02. The molecule has 3 unspecified atom stereocenters. The van der Waals surface area contributed by atoms with Gasteiger partial charge in [-0.15, -0.1) is 0 Å². The average molecular weight is 277 g/mol. The van der Waals surface area contributed by atoms with E-state index in [1.165, 1.54) is 5.56 Å². The van der Waals surface area contributed by atoms with Crippen molar-refractivity contribution in [3.8, 4) is 5.75 Å². The number of hydrogen-bond donors (Lipinski definition) is 3. The molecular weight excluding hydrogens is 250 g/mol. The van der Waals surface area contributed by atoms with Crippen molar-refractivity contribution >= 4 is 0 Å². The predicted octanol–water partition coefficient (Wildman–Crippen LogP) is 2.09. The first-order valence-corrected chi connectivity index (χ1v) is 7.50. The summed E-state index contributed by atoms with van der Waals surface area (Å²) in [4.78, 5) is 0. The maximum absolute atomic E-state index is 5.98. The van der Waals surface area contributed by atoms with Gasteiger partial charge in [-0.05, 0) is 26.0 Å². The lowest BCUT2D eigenvalue weighted by Crippen LogP contribution is -2.31. The summed E-state index contributed by atoms with van der Waals surface area (Å²) in [7, 11) is 2.00. The highest BCUT2D eigenvalue weighted by atomic mass is 16.5. The molecule has 1 fully saturated rings. The average Bonchev–Trinajstić information content (AvgIpc) is 2.79. The Labute approximate surface area is 122 Å². The van der Waals surface area contributed by atoms with Crippen LogP contribution >= 0.6 is 0 Å². The van der Waals surface area contributed by atoms with Crippen LogP contribution in [0.2, 0.25) is 0 Å². The minimum absolute atomic E-state index is 0.279. The SMILES string of the molecule is CNCC1C(C)NNC1c1ccccc1OCC(C)C. The van der Waals surface area contributed by atoms with Crippen LogP contribution < -0.4 is 20.9 Å². The maximum atomic E-state index is 5.98. The molecule has 1 aromatic carbocycles. The first-order valence-electron chi connectivity index (χ1n) is 7.50. The van der Waals surface area contributed by atoms with Gasteiger partial charge in [0.25, 0.3) is 0 Å². The van der Waals surface area contributed by atoms with Crippen LogP contribution in [0.5, 0.6) is 5.75 Å². The molecule has 3 N–H and O–H groups in total. The van der Waals surface area contributed by atoms with Crippen molar-refractivity contribution in [3.63, 3.8) is 0 Å². The molecule has 4 nitrogen and oxygen atoms in total. The third-order valence-electron chi connectivity index (χ3n) is 3.80. The molecule has 0 radical (unpaired) electrons. The highest BCUT2D eigenvalue weighted by Gasteiger charge is 2.34. The van der Waals surface area contributed by atoms with Crippen LogP contribution in [0.25, 0.3) is 0 Å². The van der Waals surface area contributed by atoms with Crippen molar-refractivity contribution in [3.05, 3.63) is 29.8 Å². The molecule has 0 bridgehead atoms. The fraction of sp³-hybridized carbons (Fsp3) is 0.625. The zero-order valence-electron chi connectivity index (χ0n) is 12.9. The molecule has 1 aliphatic rings. The standard InChI is InChI=1S/C16H27N3O/c1-11(2)10-20-15-8-6-5-7-13(15)16-14(9-17-4)12(3)18-19-16/h5-8,11-12,14,16-19H,9-10H2,1-4H3. The summed E-state index contributed by atoms with van der Waals surface area (Å²) >= 11 is 0. The van der Waals surface area contributed by atoms with E-state index in [4.69, 9.17) is 4.74 Å². The zero-order valence-corrected chi connectivity index (χ0v) is 12.9. The van der Waals surface area contributed by atoms with E-state index < -0.39 is 0 Å². The minimum Gasteiger partial charge on any atom is -0.493 e. The fourth-order valence-electron chi connectivity index (χ4n) is 2.69. The summed E-state index contributed by atoms with van der Waals surface area (Å²) in [6.45, 7) is 8.29. The number of hydrazine groups is 1. The predicted molar refractivity (Wildman–Crippen MR) is 82.7 cm³/mol. The van der Waals surface area contributed by atoms with Gasteiger partial charge in [0.2, 0.25) is 0 Å². The van der Waals surface area contributed by atoms with E-state index in [0.29, 0.717) is 17.9 Å². The van der Waals surface area contributed by atoms with Gasteiger partial charge in [0.15, 0.2) is 0 Å². The number of benzene rings is 1. The van der Waals surface area contributed by atoms with Crippen LogP contribution in [-0.4, -0.2) is 26.2 Å². The van der Waals surface area contributed by atoms with E-state index in [9.17, 15) is 0 Å². The van der Waals surface area contributed by atoms with Gasteiger partial charge in [0, 0.05) is 24.1 Å². The Morgan fingerprint density at radius 3 is 2.70 bits per heavy atom. The Hall–Kier alpha value is -1.10. The van der Waals surface area contributed by atoms with Gasteiger partial charge < -0.3 is 10.1 Å². The monoisotopic (exact) mass is 277 g/mol. The summed E-state index contributed by atoms with van der Waals surface area (Å²) in [6, 6.07) is 9.07. The summed E-state index contributed by atoms with van der Waals surface area (Å²) in [5, 5.41) is 3.29. The third-order valence-corrected chi connectivity index (χ3v) is 3.80. The molecular formula is C16H27N3O. The highest BCUT2D eigenvalue weighted by molar-refractivity contribution is 5.37. The lowest BCUT2D eigenvalue weighted by molar-refractivity contribution is 0.264. The normalized spacial score (nSPS) is 26.1. The van der Waals surface area contributed by atoms with Gasteiger partial charge in [0.05, 0.1) is 12.6 Å². The van der Waals surface area contributed by atoms with Crippen molar-refractivity contribution < 1.29 is 4.74 Å². The third kappa shape index (κ3) is 3.51. The summed E-state index contributed by atoms with van der Waals surface area (Å²) < 4.78 is 5.98. The Morgan fingerprint density at radius 1 is 1.25 bits per heavy atom. The number of para-hydroxylation sites is 1. The quantitative estimate of drug-likeness (QED) is 0.745. The maximum Gasteiger partial charge on any atom is 0.124 e. The Kier molecular flexibility index (Phi) is 5.40. The second kappa shape index (κ2) is 7.07. The second-order valence-corrected chi connectivity index (χ2v) is 6.02. The van der Waals surface area contributed by atoms with Crippen LogP contribution in [0.3, 0.4) is 0 Å². The molecule has 0 aromatic heterocycles. The lowest BCUT2D eigenvalue weighted by Gasteiger charge is -2.23. The molecule has 4 heteroatoms. The van der Waals surface area contributed by atoms with Crippen molar-refractivity contribution in [2.24, 2.45) is 11.8 Å². The van der Waals surface area contributed by atoms with Gasteiger partial charge in [-0.3, -0.25) is 5.43 Å². The van der Waals surface area contributed by atoms with E-state index in [0.717, 1.165) is 18.9 Å². The van der Waals surface area contributed by atoms with E-state index in [1.54, 1.807) is 0 Å². The van der Waals surface area contributed by atoms with E-state index >= 15 is 0 Å². The van der Waals surface area contributed by atoms with Crippen LogP contribution in [0.1, 0.15) is 32.4 Å². The van der Waals surface area contributed by atoms with Crippen LogP contribution in [0.15, 0.2) is 24.3 Å². The number of nitrogens with one attached hydrogen (secondary N) is 3. The minimum atomic E-state index is 0.279. The van der Waals surface area contributed by atoms with Gasteiger partial charge in [0.1, 0.15) is 5.75 Å². The molecule has 1 aliphatic heterocycles. The smallest absolute Gasteiger partial charge is 0.124 e. The largest absolute Gasteiger partial charge is 0.493 e. The zero-order chi connectivity index (χ0) is 14.5. The molecule has 20 heavy (non-hydrogen) atoms. The van der Waals surface area contributed by atoms with Crippen molar-refractivity contribution in [2.45, 2.75) is 32.9 Å². The van der Waals surface area contributed by atoms with Crippen LogP contribution in [0, 0.1) is 11.8 Å². The highest BCUT2D eigenvalue weighted by Crippen LogP contribution is 2.34. The Morgan fingerprint density at radius 2 is 2.00 bits per heavy atom. The summed E-state index contributed by atoms with van der Waals surface area (Å²) in [6.07, 6.45) is 0. The number of ether oxygens (including phenoxy) is 1. The first-order chi connectivity index (χ1) is 9.63. The van der Waals surface area contributed by atoms with Gasteiger partial charge in [-0.25, -0.2) is 5.43 Å². The van der Waals surface area contributed by atoms with Gasteiger partial charge in [-0.1, -0.05) is 32.0 Å². The van der Waals surface area contributed by atoms with Gasteiger partial charge in [-0.2, -0.15) is 0 Å². The molecule has 0 spiro atoms. The number of rotatable bonds is 6.